The molecule has 0 aliphatic carbocycles. The van der Waals surface area contributed by atoms with Crippen molar-refractivity contribution in [2.75, 3.05) is 32.4 Å². The summed E-state index contributed by atoms with van der Waals surface area (Å²) in [6.07, 6.45) is 0. The number of halogens is 2. The number of carbonyl (C=O) groups excluding carboxylic acids is 1. The molecule has 1 heterocycles. The van der Waals surface area contributed by atoms with Gasteiger partial charge >= 0.3 is 0 Å². The van der Waals surface area contributed by atoms with Crippen molar-refractivity contribution < 1.29 is 19.0 Å². The fraction of sp³-hybridized carbons (Fsp3) is 0.250. The molecule has 11 heteroatoms. The molecule has 3 aromatic rings. The number of hydrogen-bond donors (Lipinski definition) is 1. The van der Waals surface area contributed by atoms with E-state index in [1.54, 1.807) is 56.2 Å². The van der Waals surface area contributed by atoms with Gasteiger partial charge in [-0.25, -0.2) is 0 Å². The molecule has 2 aromatic carbocycles. The zero-order chi connectivity index (χ0) is 22.5. The van der Waals surface area contributed by atoms with E-state index in [0.717, 1.165) is 5.56 Å². The standard InChI is InChI=1S/C20H20Cl2N4O4S/c1-26-19(11-7-15(28-2)18(30-4)16(8-11)29-3)24-25-20(26)31-10-17(27)23-14-9-12(21)5-6-13(14)22/h5-9H,10H2,1-4H3,(H,23,27). The van der Waals surface area contributed by atoms with Crippen LogP contribution in [0.15, 0.2) is 35.5 Å². The van der Waals surface area contributed by atoms with Gasteiger partial charge in [-0.05, 0) is 30.3 Å². The molecule has 1 aromatic heterocycles. The summed E-state index contributed by atoms with van der Waals surface area (Å²) in [7, 11) is 6.44. The molecule has 0 atom stereocenters. The predicted molar refractivity (Wildman–Crippen MR) is 122 cm³/mol. The summed E-state index contributed by atoms with van der Waals surface area (Å²) in [6.45, 7) is 0. The van der Waals surface area contributed by atoms with E-state index in [1.165, 1.54) is 11.8 Å². The second kappa shape index (κ2) is 10.1. The normalized spacial score (nSPS) is 10.6. The number of hydrogen-bond acceptors (Lipinski definition) is 7. The van der Waals surface area contributed by atoms with Gasteiger partial charge in [-0.2, -0.15) is 0 Å². The Kier molecular flexibility index (Phi) is 7.53. The SMILES string of the molecule is COc1cc(-c2nnc(SCC(=O)Nc3cc(Cl)ccc3Cl)n2C)cc(OC)c1OC. The Labute approximate surface area is 193 Å². The van der Waals surface area contributed by atoms with E-state index in [2.05, 4.69) is 15.5 Å². The molecule has 0 spiro atoms. The van der Waals surface area contributed by atoms with E-state index < -0.39 is 0 Å². The number of nitrogens with one attached hydrogen (secondary N) is 1. The van der Waals surface area contributed by atoms with Crippen LogP contribution in [0.3, 0.4) is 0 Å². The molecule has 0 fully saturated rings. The predicted octanol–water partition coefficient (Wildman–Crippen LogP) is 4.55. The van der Waals surface area contributed by atoms with Crippen molar-refractivity contribution in [3.05, 3.63) is 40.4 Å². The van der Waals surface area contributed by atoms with Gasteiger partial charge in [-0.3, -0.25) is 4.79 Å². The largest absolute Gasteiger partial charge is 0.493 e. The van der Waals surface area contributed by atoms with Crippen LogP contribution in [0.5, 0.6) is 17.2 Å². The molecule has 31 heavy (non-hydrogen) atoms. The summed E-state index contributed by atoms with van der Waals surface area (Å²) in [4.78, 5) is 12.3. The van der Waals surface area contributed by atoms with Crippen molar-refractivity contribution in [3.63, 3.8) is 0 Å². The second-order valence-electron chi connectivity index (χ2n) is 6.24. The first-order valence-electron chi connectivity index (χ1n) is 8.95. The van der Waals surface area contributed by atoms with E-state index in [-0.39, 0.29) is 11.7 Å². The van der Waals surface area contributed by atoms with Gasteiger partial charge in [0.1, 0.15) is 0 Å². The monoisotopic (exact) mass is 482 g/mol. The lowest BCUT2D eigenvalue weighted by Crippen LogP contribution is -2.14. The fourth-order valence-electron chi connectivity index (χ4n) is 2.81. The van der Waals surface area contributed by atoms with Crippen LogP contribution >= 0.6 is 35.0 Å². The van der Waals surface area contributed by atoms with Crippen molar-refractivity contribution in [2.24, 2.45) is 7.05 Å². The molecule has 1 N–H and O–H groups in total. The minimum atomic E-state index is -0.244. The van der Waals surface area contributed by atoms with Gasteiger partial charge in [0.2, 0.25) is 11.7 Å². The summed E-state index contributed by atoms with van der Waals surface area (Å²) >= 11 is 13.3. The van der Waals surface area contributed by atoms with Crippen LogP contribution in [0, 0.1) is 0 Å². The number of benzene rings is 2. The van der Waals surface area contributed by atoms with E-state index in [0.29, 0.717) is 44.0 Å². The number of rotatable bonds is 8. The number of methoxy groups -OCH3 is 3. The topological polar surface area (TPSA) is 87.5 Å². The Bertz CT molecular complexity index is 1080. The van der Waals surface area contributed by atoms with Crippen molar-refractivity contribution in [1.82, 2.24) is 14.8 Å². The van der Waals surface area contributed by atoms with E-state index >= 15 is 0 Å². The molecule has 0 aliphatic heterocycles. The average Bonchev–Trinajstić information content (AvgIpc) is 3.13. The minimum Gasteiger partial charge on any atom is -0.493 e. The van der Waals surface area contributed by atoms with Crippen LogP contribution in [0.25, 0.3) is 11.4 Å². The lowest BCUT2D eigenvalue weighted by molar-refractivity contribution is -0.113. The van der Waals surface area contributed by atoms with Crippen molar-refractivity contribution >= 4 is 46.6 Å². The summed E-state index contributed by atoms with van der Waals surface area (Å²) in [5.74, 6) is 1.96. The van der Waals surface area contributed by atoms with Gasteiger partial charge in [0.25, 0.3) is 0 Å². The molecule has 164 valence electrons. The molecule has 0 saturated heterocycles. The third-order valence-corrected chi connectivity index (χ3v) is 5.88. The van der Waals surface area contributed by atoms with Crippen molar-refractivity contribution in [1.29, 1.82) is 0 Å². The van der Waals surface area contributed by atoms with Crippen LogP contribution in [0.4, 0.5) is 5.69 Å². The number of nitrogens with zero attached hydrogens (tertiary/aromatic N) is 3. The number of amides is 1. The summed E-state index contributed by atoms with van der Waals surface area (Å²) < 4.78 is 17.9. The van der Waals surface area contributed by atoms with Crippen LogP contribution < -0.4 is 19.5 Å². The minimum absolute atomic E-state index is 0.115. The molecule has 0 saturated carbocycles. The first-order valence-corrected chi connectivity index (χ1v) is 10.7. The molecule has 1 amide bonds. The van der Waals surface area contributed by atoms with Gasteiger partial charge in [-0.15, -0.1) is 10.2 Å². The maximum Gasteiger partial charge on any atom is 0.234 e. The molecule has 3 rings (SSSR count). The highest BCUT2D eigenvalue weighted by atomic mass is 35.5. The molecule has 8 nitrogen and oxygen atoms in total. The Morgan fingerprint density at radius 2 is 1.74 bits per heavy atom. The van der Waals surface area contributed by atoms with Crippen molar-refractivity contribution in [3.8, 4) is 28.6 Å². The number of thioether (sulfide) groups is 1. The Morgan fingerprint density at radius 1 is 1.06 bits per heavy atom. The van der Waals surface area contributed by atoms with Gasteiger partial charge in [-0.1, -0.05) is 35.0 Å². The van der Waals surface area contributed by atoms with Gasteiger partial charge in [0.15, 0.2) is 22.5 Å². The number of aromatic nitrogens is 3. The first kappa shape index (κ1) is 23.1. The molecular weight excluding hydrogens is 463 g/mol. The van der Waals surface area contributed by atoms with E-state index in [4.69, 9.17) is 37.4 Å². The molecule has 0 radical (unpaired) electrons. The van der Waals surface area contributed by atoms with Gasteiger partial charge in [0, 0.05) is 17.6 Å². The van der Waals surface area contributed by atoms with Crippen LogP contribution in [-0.2, 0) is 11.8 Å². The molecule has 0 unspecified atom stereocenters. The Hall–Kier alpha value is -2.62. The number of anilines is 1. The summed E-state index contributed by atoms with van der Waals surface area (Å²) in [5.41, 5.74) is 1.18. The Balaban J connectivity index is 1.76. The lowest BCUT2D eigenvalue weighted by Gasteiger charge is -2.14. The summed E-state index contributed by atoms with van der Waals surface area (Å²) in [6, 6.07) is 8.44. The lowest BCUT2D eigenvalue weighted by atomic mass is 10.1. The van der Waals surface area contributed by atoms with Crippen LogP contribution in [0.2, 0.25) is 10.0 Å². The highest BCUT2D eigenvalue weighted by Gasteiger charge is 2.19. The molecule has 0 aliphatic rings. The number of carbonyl (C=O) groups is 1. The maximum atomic E-state index is 12.3. The highest BCUT2D eigenvalue weighted by Crippen LogP contribution is 2.41. The van der Waals surface area contributed by atoms with Crippen molar-refractivity contribution in [2.45, 2.75) is 5.16 Å². The van der Waals surface area contributed by atoms with Gasteiger partial charge in [0.05, 0.1) is 37.8 Å². The smallest absolute Gasteiger partial charge is 0.234 e. The summed E-state index contributed by atoms with van der Waals surface area (Å²) in [5, 5.41) is 12.6. The maximum absolute atomic E-state index is 12.3. The Morgan fingerprint density at radius 3 is 2.35 bits per heavy atom. The van der Waals surface area contributed by atoms with Gasteiger partial charge < -0.3 is 24.1 Å². The zero-order valence-corrected chi connectivity index (χ0v) is 19.6. The van der Waals surface area contributed by atoms with E-state index in [9.17, 15) is 4.79 Å². The second-order valence-corrected chi connectivity index (χ2v) is 8.03. The zero-order valence-electron chi connectivity index (χ0n) is 17.2. The third kappa shape index (κ3) is 5.17. The van der Waals surface area contributed by atoms with E-state index in [1.807, 2.05) is 7.05 Å². The number of ether oxygens (including phenoxy) is 3. The quantitative estimate of drug-likeness (QED) is 0.471. The molecular formula is C20H20Cl2N4O4S. The molecule has 0 bridgehead atoms. The fourth-order valence-corrected chi connectivity index (χ4v) is 3.86. The van der Waals surface area contributed by atoms with Crippen LogP contribution in [-0.4, -0.2) is 47.8 Å². The highest BCUT2D eigenvalue weighted by molar-refractivity contribution is 7.99. The third-order valence-electron chi connectivity index (χ3n) is 4.29. The van der Waals surface area contributed by atoms with Crippen LogP contribution in [0.1, 0.15) is 0 Å². The first-order chi connectivity index (χ1) is 14.9. The average molecular weight is 483 g/mol.